The standard InChI is InChI=1S/C22H12Cl4O3/c23-13-6-8-19-15(10-13)20(27)22(21(29-19)14-3-1-2-4-16(14)24)28-11-12-5-7-17(25)18(26)9-12/h1-10H,11H2. The van der Waals surface area contributed by atoms with Crippen molar-refractivity contribution in [1.29, 1.82) is 0 Å². The largest absolute Gasteiger partial charge is 0.481 e. The molecule has 4 aromatic rings. The third kappa shape index (κ3) is 4.10. The third-order valence-corrected chi connectivity index (χ3v) is 5.60. The molecule has 7 heteroatoms. The van der Waals surface area contributed by atoms with Gasteiger partial charge in [0.25, 0.3) is 0 Å². The Hall–Kier alpha value is -2.17. The highest BCUT2D eigenvalue weighted by molar-refractivity contribution is 6.42. The summed E-state index contributed by atoms with van der Waals surface area (Å²) in [6.07, 6.45) is 0. The molecule has 0 bridgehead atoms. The van der Waals surface area contributed by atoms with E-state index in [-0.39, 0.29) is 23.5 Å². The van der Waals surface area contributed by atoms with Crippen LogP contribution in [0.5, 0.6) is 5.75 Å². The molecule has 0 N–H and O–H groups in total. The average Bonchev–Trinajstić information content (AvgIpc) is 2.70. The van der Waals surface area contributed by atoms with E-state index >= 15 is 0 Å². The minimum atomic E-state index is -0.344. The molecule has 3 nitrogen and oxygen atoms in total. The minimum Gasteiger partial charge on any atom is -0.481 e. The zero-order valence-electron chi connectivity index (χ0n) is 14.7. The van der Waals surface area contributed by atoms with Gasteiger partial charge in [-0.2, -0.15) is 0 Å². The summed E-state index contributed by atoms with van der Waals surface area (Å²) >= 11 is 24.4. The van der Waals surface area contributed by atoms with Crippen molar-refractivity contribution in [3.05, 3.63) is 96.5 Å². The second kappa shape index (κ2) is 8.29. The molecule has 0 amide bonds. The molecule has 0 aliphatic rings. The Morgan fingerprint density at radius 3 is 2.38 bits per heavy atom. The number of rotatable bonds is 4. The number of fused-ring (bicyclic) bond motifs is 1. The van der Waals surface area contributed by atoms with Crippen molar-refractivity contribution in [1.82, 2.24) is 0 Å². The second-order valence-electron chi connectivity index (χ2n) is 6.25. The van der Waals surface area contributed by atoms with Crippen molar-refractivity contribution in [2.75, 3.05) is 0 Å². The van der Waals surface area contributed by atoms with Gasteiger partial charge in [0.05, 0.1) is 20.5 Å². The second-order valence-corrected chi connectivity index (χ2v) is 7.90. The fraction of sp³-hybridized carbons (Fsp3) is 0.0455. The van der Waals surface area contributed by atoms with Crippen LogP contribution in [0.2, 0.25) is 20.1 Å². The summed E-state index contributed by atoms with van der Waals surface area (Å²) in [5.41, 5.74) is 1.34. The fourth-order valence-electron chi connectivity index (χ4n) is 2.89. The van der Waals surface area contributed by atoms with E-state index in [0.29, 0.717) is 36.6 Å². The Morgan fingerprint density at radius 1 is 0.828 bits per heavy atom. The van der Waals surface area contributed by atoms with Gasteiger partial charge in [-0.15, -0.1) is 0 Å². The molecule has 3 aromatic carbocycles. The van der Waals surface area contributed by atoms with E-state index < -0.39 is 0 Å². The van der Waals surface area contributed by atoms with Crippen molar-refractivity contribution < 1.29 is 9.15 Å². The number of hydrogen-bond acceptors (Lipinski definition) is 3. The van der Waals surface area contributed by atoms with E-state index in [2.05, 4.69) is 0 Å². The molecule has 0 spiro atoms. The lowest BCUT2D eigenvalue weighted by molar-refractivity contribution is 0.298. The van der Waals surface area contributed by atoms with Crippen LogP contribution in [0, 0.1) is 0 Å². The first-order valence-corrected chi connectivity index (χ1v) is 10.0. The number of benzene rings is 3. The normalized spacial score (nSPS) is 11.0. The van der Waals surface area contributed by atoms with E-state index in [1.807, 2.05) is 0 Å². The first-order valence-electron chi connectivity index (χ1n) is 8.52. The zero-order chi connectivity index (χ0) is 20.5. The molecule has 4 rings (SSSR count). The van der Waals surface area contributed by atoms with Crippen LogP contribution in [0.25, 0.3) is 22.3 Å². The first kappa shape index (κ1) is 20.1. The molecule has 0 saturated carbocycles. The average molecular weight is 466 g/mol. The molecule has 29 heavy (non-hydrogen) atoms. The summed E-state index contributed by atoms with van der Waals surface area (Å²) in [7, 11) is 0. The summed E-state index contributed by atoms with van der Waals surface area (Å²) in [4.78, 5) is 13.2. The molecular formula is C22H12Cl4O3. The van der Waals surface area contributed by atoms with Gasteiger partial charge in [0.1, 0.15) is 12.2 Å². The van der Waals surface area contributed by atoms with Crippen LogP contribution in [0.15, 0.2) is 69.9 Å². The van der Waals surface area contributed by atoms with Crippen LogP contribution in [0.1, 0.15) is 5.56 Å². The van der Waals surface area contributed by atoms with Crippen LogP contribution < -0.4 is 10.2 Å². The molecule has 0 atom stereocenters. The number of halogens is 4. The fourth-order valence-corrected chi connectivity index (χ4v) is 3.60. The Morgan fingerprint density at radius 2 is 1.62 bits per heavy atom. The Balaban J connectivity index is 1.86. The molecule has 0 saturated heterocycles. The van der Waals surface area contributed by atoms with Gasteiger partial charge >= 0.3 is 0 Å². The van der Waals surface area contributed by atoms with Crippen LogP contribution in [-0.4, -0.2) is 0 Å². The molecule has 0 radical (unpaired) electrons. The lowest BCUT2D eigenvalue weighted by atomic mass is 10.1. The topological polar surface area (TPSA) is 39.4 Å². The lowest BCUT2D eigenvalue weighted by Gasteiger charge is -2.13. The van der Waals surface area contributed by atoms with Crippen molar-refractivity contribution in [3.8, 4) is 17.1 Å². The Bertz CT molecular complexity index is 1280. The molecule has 146 valence electrons. The maximum Gasteiger partial charge on any atom is 0.235 e. The first-order chi connectivity index (χ1) is 13.9. The van der Waals surface area contributed by atoms with Crippen molar-refractivity contribution in [2.24, 2.45) is 0 Å². The highest BCUT2D eigenvalue weighted by Crippen LogP contribution is 2.36. The quantitative estimate of drug-likeness (QED) is 0.310. The van der Waals surface area contributed by atoms with Crippen LogP contribution in [-0.2, 0) is 6.61 Å². The molecule has 0 fully saturated rings. The van der Waals surface area contributed by atoms with Crippen LogP contribution in [0.3, 0.4) is 0 Å². The maximum atomic E-state index is 13.2. The van der Waals surface area contributed by atoms with Gasteiger partial charge in [-0.25, -0.2) is 0 Å². The zero-order valence-corrected chi connectivity index (χ0v) is 17.7. The highest BCUT2D eigenvalue weighted by Gasteiger charge is 2.20. The highest BCUT2D eigenvalue weighted by atomic mass is 35.5. The van der Waals surface area contributed by atoms with Crippen LogP contribution in [0.4, 0.5) is 0 Å². The lowest BCUT2D eigenvalue weighted by Crippen LogP contribution is -2.10. The maximum absolute atomic E-state index is 13.2. The van der Waals surface area contributed by atoms with E-state index in [4.69, 9.17) is 55.6 Å². The molecule has 0 aliphatic heterocycles. The SMILES string of the molecule is O=c1c(OCc2ccc(Cl)c(Cl)c2)c(-c2ccccc2Cl)oc2ccc(Cl)cc12. The van der Waals surface area contributed by atoms with Gasteiger partial charge in [0, 0.05) is 10.6 Å². The summed E-state index contributed by atoms with van der Waals surface area (Å²) in [6, 6.07) is 17.0. The van der Waals surface area contributed by atoms with E-state index in [9.17, 15) is 4.79 Å². The van der Waals surface area contributed by atoms with Crippen LogP contribution >= 0.6 is 46.4 Å². The summed E-state index contributed by atoms with van der Waals surface area (Å²) in [6.45, 7) is 0.0885. The third-order valence-electron chi connectivity index (χ3n) is 4.30. The number of hydrogen-bond donors (Lipinski definition) is 0. The predicted molar refractivity (Wildman–Crippen MR) is 119 cm³/mol. The molecular weight excluding hydrogens is 454 g/mol. The van der Waals surface area contributed by atoms with Gasteiger partial charge in [0.2, 0.25) is 11.2 Å². The molecule has 1 heterocycles. The molecule has 0 unspecified atom stereocenters. The molecule has 0 aliphatic carbocycles. The summed E-state index contributed by atoms with van der Waals surface area (Å²) in [5.74, 6) is 0.287. The van der Waals surface area contributed by atoms with Crippen molar-refractivity contribution >= 4 is 57.4 Å². The minimum absolute atomic E-state index is 0.0407. The van der Waals surface area contributed by atoms with Crippen molar-refractivity contribution in [3.63, 3.8) is 0 Å². The van der Waals surface area contributed by atoms with E-state index in [1.54, 1.807) is 60.7 Å². The van der Waals surface area contributed by atoms with Gasteiger partial charge in [-0.05, 0) is 48.0 Å². The van der Waals surface area contributed by atoms with E-state index in [0.717, 1.165) is 5.56 Å². The van der Waals surface area contributed by atoms with Gasteiger partial charge < -0.3 is 9.15 Å². The smallest absolute Gasteiger partial charge is 0.235 e. The van der Waals surface area contributed by atoms with Gasteiger partial charge in [0.15, 0.2) is 5.76 Å². The number of ether oxygens (including phenoxy) is 1. The summed E-state index contributed by atoms with van der Waals surface area (Å²) in [5, 5.41) is 2.01. The monoisotopic (exact) mass is 464 g/mol. The van der Waals surface area contributed by atoms with E-state index in [1.165, 1.54) is 0 Å². The Kier molecular flexibility index (Phi) is 5.75. The van der Waals surface area contributed by atoms with Gasteiger partial charge in [-0.1, -0.05) is 64.6 Å². The van der Waals surface area contributed by atoms with Crippen molar-refractivity contribution in [2.45, 2.75) is 6.61 Å². The Labute approximate surface area is 186 Å². The predicted octanol–water partition coefficient (Wildman–Crippen LogP) is 7.65. The molecule has 1 aromatic heterocycles. The summed E-state index contributed by atoms with van der Waals surface area (Å²) < 4.78 is 11.9. The van der Waals surface area contributed by atoms with Gasteiger partial charge in [-0.3, -0.25) is 4.79 Å².